The molecule has 1 rings (SSSR count). The molecule has 6 heteroatoms. The molecule has 0 heterocycles. The third kappa shape index (κ3) is 5.41. The SMILES string of the molecule is CCNc1c(F)cccc1C(=O)NCC(=O)NCC(C)C. The van der Waals surface area contributed by atoms with Crippen molar-refractivity contribution in [1.29, 1.82) is 0 Å². The topological polar surface area (TPSA) is 70.2 Å². The summed E-state index contributed by atoms with van der Waals surface area (Å²) in [5, 5.41) is 8.00. The van der Waals surface area contributed by atoms with E-state index < -0.39 is 11.7 Å². The van der Waals surface area contributed by atoms with Crippen LogP contribution in [0.15, 0.2) is 18.2 Å². The zero-order valence-electron chi connectivity index (χ0n) is 12.6. The van der Waals surface area contributed by atoms with Crippen molar-refractivity contribution >= 4 is 17.5 Å². The molecule has 0 saturated carbocycles. The molecule has 0 radical (unpaired) electrons. The molecule has 0 bridgehead atoms. The third-order valence-electron chi connectivity index (χ3n) is 2.73. The average molecular weight is 295 g/mol. The van der Waals surface area contributed by atoms with Gasteiger partial charge in [0.25, 0.3) is 5.91 Å². The van der Waals surface area contributed by atoms with Gasteiger partial charge < -0.3 is 16.0 Å². The summed E-state index contributed by atoms with van der Waals surface area (Å²) in [5.41, 5.74) is 0.341. The molecule has 2 amide bonds. The highest BCUT2D eigenvalue weighted by atomic mass is 19.1. The molecule has 0 aliphatic carbocycles. The van der Waals surface area contributed by atoms with Gasteiger partial charge in [-0.1, -0.05) is 19.9 Å². The van der Waals surface area contributed by atoms with Crippen LogP contribution in [0.4, 0.5) is 10.1 Å². The van der Waals surface area contributed by atoms with E-state index in [1.165, 1.54) is 18.2 Å². The molecule has 21 heavy (non-hydrogen) atoms. The molecular weight excluding hydrogens is 273 g/mol. The average Bonchev–Trinajstić information content (AvgIpc) is 2.44. The van der Waals surface area contributed by atoms with Gasteiger partial charge in [0.15, 0.2) is 0 Å². The lowest BCUT2D eigenvalue weighted by atomic mass is 10.1. The summed E-state index contributed by atoms with van der Waals surface area (Å²) < 4.78 is 13.7. The maximum atomic E-state index is 13.7. The monoisotopic (exact) mass is 295 g/mol. The maximum absolute atomic E-state index is 13.7. The highest BCUT2D eigenvalue weighted by molar-refractivity contribution is 6.01. The minimum atomic E-state index is -0.492. The second-order valence-electron chi connectivity index (χ2n) is 5.07. The molecule has 1 aromatic carbocycles. The smallest absolute Gasteiger partial charge is 0.253 e. The third-order valence-corrected chi connectivity index (χ3v) is 2.73. The fourth-order valence-electron chi connectivity index (χ4n) is 1.71. The van der Waals surface area contributed by atoms with E-state index in [9.17, 15) is 14.0 Å². The molecule has 0 fully saturated rings. The van der Waals surface area contributed by atoms with Crippen LogP contribution in [0.2, 0.25) is 0 Å². The minimum absolute atomic E-state index is 0.131. The molecule has 0 aromatic heterocycles. The Labute approximate surface area is 124 Å². The number of amides is 2. The standard InChI is InChI=1S/C15H22FN3O2/c1-4-17-14-11(6-5-7-12(14)16)15(21)19-9-13(20)18-8-10(2)3/h5-7,10,17H,4,8-9H2,1-3H3,(H,18,20)(H,19,21). The molecule has 0 saturated heterocycles. The van der Waals surface area contributed by atoms with E-state index in [1.807, 2.05) is 20.8 Å². The lowest BCUT2D eigenvalue weighted by Crippen LogP contribution is -2.38. The Morgan fingerprint density at radius 1 is 1.24 bits per heavy atom. The van der Waals surface area contributed by atoms with Gasteiger partial charge in [-0.15, -0.1) is 0 Å². The summed E-state index contributed by atoms with van der Waals surface area (Å²) >= 11 is 0. The lowest BCUT2D eigenvalue weighted by molar-refractivity contribution is -0.120. The Bertz CT molecular complexity index is 504. The number of para-hydroxylation sites is 1. The molecule has 0 aliphatic rings. The predicted molar refractivity (Wildman–Crippen MR) is 80.7 cm³/mol. The maximum Gasteiger partial charge on any atom is 0.253 e. The van der Waals surface area contributed by atoms with E-state index in [0.717, 1.165) is 0 Å². The highest BCUT2D eigenvalue weighted by Crippen LogP contribution is 2.19. The Morgan fingerprint density at radius 3 is 2.57 bits per heavy atom. The lowest BCUT2D eigenvalue weighted by Gasteiger charge is -2.12. The van der Waals surface area contributed by atoms with Crippen LogP contribution < -0.4 is 16.0 Å². The Kier molecular flexibility index (Phi) is 6.65. The zero-order chi connectivity index (χ0) is 15.8. The van der Waals surface area contributed by atoms with Crippen molar-refractivity contribution < 1.29 is 14.0 Å². The second-order valence-corrected chi connectivity index (χ2v) is 5.07. The number of nitrogens with one attached hydrogen (secondary N) is 3. The Balaban J connectivity index is 2.64. The molecule has 116 valence electrons. The van der Waals surface area contributed by atoms with Gasteiger partial charge in [-0.25, -0.2) is 4.39 Å². The first kappa shape index (κ1) is 16.9. The zero-order valence-corrected chi connectivity index (χ0v) is 12.6. The molecule has 0 aliphatic heterocycles. The number of halogens is 1. The van der Waals surface area contributed by atoms with Crippen molar-refractivity contribution in [3.63, 3.8) is 0 Å². The predicted octanol–water partition coefficient (Wildman–Crippen LogP) is 1.76. The van der Waals surface area contributed by atoms with Crippen molar-refractivity contribution in [2.75, 3.05) is 25.0 Å². The Morgan fingerprint density at radius 2 is 1.95 bits per heavy atom. The number of carbonyl (C=O) groups is 2. The molecular formula is C15H22FN3O2. The van der Waals surface area contributed by atoms with Crippen LogP contribution in [0.1, 0.15) is 31.1 Å². The fourth-order valence-corrected chi connectivity index (χ4v) is 1.71. The summed E-state index contributed by atoms with van der Waals surface area (Å²) in [5.74, 6) is -0.898. The quantitative estimate of drug-likeness (QED) is 0.718. The van der Waals surface area contributed by atoms with Crippen LogP contribution in [-0.4, -0.2) is 31.4 Å². The molecule has 1 aromatic rings. The molecule has 5 nitrogen and oxygen atoms in total. The largest absolute Gasteiger partial charge is 0.382 e. The van der Waals surface area contributed by atoms with Gasteiger partial charge in [-0.2, -0.15) is 0 Å². The van der Waals surface area contributed by atoms with Gasteiger partial charge in [0.05, 0.1) is 17.8 Å². The van der Waals surface area contributed by atoms with Crippen LogP contribution >= 0.6 is 0 Å². The first-order valence-electron chi connectivity index (χ1n) is 7.03. The van der Waals surface area contributed by atoms with E-state index in [4.69, 9.17) is 0 Å². The van der Waals surface area contributed by atoms with Gasteiger partial charge in [0.1, 0.15) is 5.82 Å². The van der Waals surface area contributed by atoms with Crippen LogP contribution in [0.5, 0.6) is 0 Å². The molecule has 3 N–H and O–H groups in total. The van der Waals surface area contributed by atoms with Gasteiger partial charge >= 0.3 is 0 Å². The van der Waals surface area contributed by atoms with Crippen molar-refractivity contribution in [3.05, 3.63) is 29.6 Å². The van der Waals surface area contributed by atoms with Gasteiger partial charge in [0.2, 0.25) is 5.91 Å². The molecule has 0 unspecified atom stereocenters. The number of rotatable bonds is 7. The summed E-state index contributed by atoms with van der Waals surface area (Å²) in [6.07, 6.45) is 0. The number of benzene rings is 1. The van der Waals surface area contributed by atoms with E-state index in [1.54, 1.807) is 0 Å². The minimum Gasteiger partial charge on any atom is -0.382 e. The number of hydrogen-bond acceptors (Lipinski definition) is 3. The van der Waals surface area contributed by atoms with Gasteiger partial charge in [0, 0.05) is 13.1 Å². The fraction of sp³-hybridized carbons (Fsp3) is 0.467. The van der Waals surface area contributed by atoms with Crippen molar-refractivity contribution in [2.24, 2.45) is 5.92 Å². The summed E-state index contributed by atoms with van der Waals surface area (Å²) in [6, 6.07) is 4.26. The van der Waals surface area contributed by atoms with E-state index in [0.29, 0.717) is 19.0 Å². The van der Waals surface area contributed by atoms with Gasteiger partial charge in [-0.05, 0) is 25.0 Å². The normalized spacial score (nSPS) is 10.3. The summed E-state index contributed by atoms with van der Waals surface area (Å²) in [4.78, 5) is 23.6. The number of carbonyl (C=O) groups excluding carboxylic acids is 2. The van der Waals surface area contributed by atoms with Crippen molar-refractivity contribution in [3.8, 4) is 0 Å². The highest BCUT2D eigenvalue weighted by Gasteiger charge is 2.15. The second kappa shape index (κ2) is 8.24. The van der Waals surface area contributed by atoms with Crippen molar-refractivity contribution in [2.45, 2.75) is 20.8 Å². The van der Waals surface area contributed by atoms with Gasteiger partial charge in [-0.3, -0.25) is 9.59 Å². The summed E-state index contributed by atoms with van der Waals surface area (Å²) in [7, 11) is 0. The van der Waals surface area contributed by atoms with Crippen LogP contribution in [0.3, 0.4) is 0 Å². The summed E-state index contributed by atoms with van der Waals surface area (Å²) in [6.45, 7) is 6.69. The molecule has 0 atom stereocenters. The van der Waals surface area contributed by atoms with E-state index in [2.05, 4.69) is 16.0 Å². The number of anilines is 1. The van der Waals surface area contributed by atoms with Crippen molar-refractivity contribution in [1.82, 2.24) is 10.6 Å². The Hall–Kier alpha value is -2.11. The molecule has 0 spiro atoms. The first-order valence-corrected chi connectivity index (χ1v) is 7.03. The van der Waals surface area contributed by atoms with E-state index >= 15 is 0 Å². The number of hydrogen-bond donors (Lipinski definition) is 3. The first-order chi connectivity index (χ1) is 9.95. The van der Waals surface area contributed by atoms with Crippen LogP contribution in [-0.2, 0) is 4.79 Å². The van der Waals surface area contributed by atoms with E-state index in [-0.39, 0.29) is 23.7 Å². The van der Waals surface area contributed by atoms with Crippen LogP contribution in [0, 0.1) is 11.7 Å². The van der Waals surface area contributed by atoms with Crippen LogP contribution in [0.25, 0.3) is 0 Å².